The third-order valence-corrected chi connectivity index (χ3v) is 5.92. The topological polar surface area (TPSA) is 99.0 Å². The molecule has 6 nitrogen and oxygen atoms in total. The van der Waals surface area contributed by atoms with E-state index in [-0.39, 0.29) is 32.1 Å². The van der Waals surface area contributed by atoms with Crippen LogP contribution in [0.1, 0.15) is 40.7 Å². The third kappa shape index (κ3) is 4.67. The number of fused-ring (bicyclic) bond motifs is 3. The normalized spacial score (nSPS) is 14.3. The van der Waals surface area contributed by atoms with Crippen molar-refractivity contribution in [3.63, 3.8) is 0 Å². The molecule has 0 radical (unpaired) electrons. The maximum Gasteiger partial charge on any atom is 0.407 e. The Kier molecular flexibility index (Phi) is 6.85. The molecule has 1 aliphatic carbocycles. The second-order valence-corrected chi connectivity index (χ2v) is 7.95. The highest BCUT2D eigenvalue weighted by Gasteiger charge is 2.29. The fourth-order valence-electron chi connectivity index (χ4n) is 4.17. The first-order valence-corrected chi connectivity index (χ1v) is 10.7. The van der Waals surface area contributed by atoms with Gasteiger partial charge in [-0.2, -0.15) is 0 Å². The van der Waals surface area contributed by atoms with Gasteiger partial charge in [0, 0.05) is 12.5 Å². The van der Waals surface area contributed by atoms with Crippen LogP contribution in [0.25, 0.3) is 11.1 Å². The van der Waals surface area contributed by atoms with Crippen molar-refractivity contribution >= 4 is 6.09 Å². The third-order valence-electron chi connectivity index (χ3n) is 5.92. The van der Waals surface area contributed by atoms with Crippen LogP contribution in [0.5, 0.6) is 0 Å². The number of amides is 1. The molecule has 3 aromatic rings. The molecule has 0 saturated heterocycles. The zero-order valence-electron chi connectivity index (χ0n) is 17.6. The maximum absolute atomic E-state index is 12.2. The average Bonchev–Trinajstić information content (AvgIpc) is 3.16. The molecule has 0 fully saturated rings. The number of carbonyl (C=O) groups excluding carboxylic acids is 1. The summed E-state index contributed by atoms with van der Waals surface area (Å²) in [6, 6.07) is 23.0. The Bertz CT molecular complexity index is 1020. The number of hydrogen-bond donors (Lipinski definition) is 4. The number of aliphatic hydroxyl groups excluding tert-OH is 3. The molecular weight excluding hydrogens is 406 g/mol. The number of hydrogen-bond acceptors (Lipinski definition) is 5. The van der Waals surface area contributed by atoms with Crippen molar-refractivity contribution in [2.45, 2.75) is 31.2 Å². The number of alkyl carbamates (subject to hydrolysis) is 1. The van der Waals surface area contributed by atoms with Gasteiger partial charge in [0.05, 0.1) is 12.7 Å². The highest BCUT2D eigenvalue weighted by atomic mass is 16.5. The number of aliphatic hydroxyl groups is 3. The van der Waals surface area contributed by atoms with Crippen LogP contribution >= 0.6 is 0 Å². The Morgan fingerprint density at radius 1 is 0.906 bits per heavy atom. The van der Waals surface area contributed by atoms with Crippen LogP contribution in [0.3, 0.4) is 0 Å². The summed E-state index contributed by atoms with van der Waals surface area (Å²) in [5.74, 6) is -0.0116. The maximum atomic E-state index is 12.2. The number of nitrogens with one attached hydrogen (secondary N) is 1. The van der Waals surface area contributed by atoms with E-state index in [9.17, 15) is 15.0 Å². The quantitative estimate of drug-likeness (QED) is 0.436. The van der Waals surface area contributed by atoms with Crippen LogP contribution in [0, 0.1) is 0 Å². The van der Waals surface area contributed by atoms with Crippen molar-refractivity contribution in [1.29, 1.82) is 0 Å². The van der Waals surface area contributed by atoms with E-state index in [4.69, 9.17) is 9.84 Å². The Labute approximate surface area is 187 Å². The second-order valence-electron chi connectivity index (χ2n) is 7.95. The molecule has 4 N–H and O–H groups in total. The Morgan fingerprint density at radius 3 is 2.09 bits per heavy atom. The number of benzene rings is 3. The van der Waals surface area contributed by atoms with Crippen molar-refractivity contribution in [2.24, 2.45) is 0 Å². The molecule has 32 heavy (non-hydrogen) atoms. The van der Waals surface area contributed by atoms with Crippen LogP contribution in [-0.4, -0.2) is 40.7 Å². The smallest absolute Gasteiger partial charge is 0.407 e. The van der Waals surface area contributed by atoms with Crippen LogP contribution < -0.4 is 5.32 Å². The molecular formula is C26H27NO5. The molecule has 0 saturated carbocycles. The molecule has 2 atom stereocenters. The van der Waals surface area contributed by atoms with Crippen molar-refractivity contribution < 1.29 is 24.9 Å². The van der Waals surface area contributed by atoms with E-state index in [1.54, 1.807) is 24.3 Å². The summed E-state index contributed by atoms with van der Waals surface area (Å²) >= 11 is 0. The minimum Gasteiger partial charge on any atom is -0.449 e. The summed E-state index contributed by atoms with van der Waals surface area (Å²) in [6.07, 6.45) is -2.50. The Morgan fingerprint density at radius 2 is 1.50 bits per heavy atom. The molecule has 1 amide bonds. The molecule has 0 heterocycles. The SMILES string of the molecule is O=C(NCCC(O)C(O)c1ccc(CO)cc1)OCC1c2ccccc2-c2ccccc21. The summed E-state index contributed by atoms with van der Waals surface area (Å²) in [4.78, 5) is 12.2. The Hall–Kier alpha value is -3.19. The minimum atomic E-state index is -1.08. The van der Waals surface area contributed by atoms with E-state index in [0.29, 0.717) is 5.56 Å². The standard InChI is InChI=1S/C26H27NO5/c28-15-17-9-11-18(12-10-17)25(30)24(29)13-14-27-26(31)32-16-23-21-7-3-1-5-19(21)20-6-2-4-8-22(20)23/h1-12,23-25,28-30H,13-16H2,(H,27,31). The van der Waals surface area contributed by atoms with Crippen molar-refractivity contribution in [3.8, 4) is 11.1 Å². The summed E-state index contributed by atoms with van der Waals surface area (Å²) in [7, 11) is 0. The van der Waals surface area contributed by atoms with Crippen LogP contribution in [-0.2, 0) is 11.3 Å². The van der Waals surface area contributed by atoms with Gasteiger partial charge in [0.15, 0.2) is 0 Å². The van der Waals surface area contributed by atoms with Gasteiger partial charge >= 0.3 is 6.09 Å². The van der Waals surface area contributed by atoms with Gasteiger partial charge in [-0.15, -0.1) is 0 Å². The molecule has 0 aromatic heterocycles. The van der Waals surface area contributed by atoms with Crippen LogP contribution in [0.15, 0.2) is 72.8 Å². The lowest BCUT2D eigenvalue weighted by molar-refractivity contribution is 0.0136. The van der Waals surface area contributed by atoms with Gasteiger partial charge in [-0.25, -0.2) is 4.79 Å². The summed E-state index contributed by atoms with van der Waals surface area (Å²) < 4.78 is 5.47. The second kappa shape index (κ2) is 9.96. The summed E-state index contributed by atoms with van der Waals surface area (Å²) in [6.45, 7) is 0.314. The van der Waals surface area contributed by atoms with E-state index in [0.717, 1.165) is 16.7 Å². The first-order chi connectivity index (χ1) is 15.6. The highest BCUT2D eigenvalue weighted by Crippen LogP contribution is 2.44. The van der Waals surface area contributed by atoms with E-state index >= 15 is 0 Å². The van der Waals surface area contributed by atoms with E-state index < -0.39 is 18.3 Å². The first kappa shape index (κ1) is 22.0. The van der Waals surface area contributed by atoms with Gasteiger partial charge in [0.25, 0.3) is 0 Å². The van der Waals surface area contributed by atoms with Gasteiger partial charge in [-0.3, -0.25) is 0 Å². The van der Waals surface area contributed by atoms with Crippen LogP contribution in [0.4, 0.5) is 4.79 Å². The predicted octanol–water partition coefficient (Wildman–Crippen LogP) is 3.50. The molecule has 3 aromatic carbocycles. The van der Waals surface area contributed by atoms with Gasteiger partial charge in [-0.1, -0.05) is 72.8 Å². The van der Waals surface area contributed by atoms with Crippen molar-refractivity contribution in [1.82, 2.24) is 5.32 Å². The van der Waals surface area contributed by atoms with Gasteiger partial charge in [0.2, 0.25) is 0 Å². The fraction of sp³-hybridized carbons (Fsp3) is 0.269. The zero-order chi connectivity index (χ0) is 22.5. The lowest BCUT2D eigenvalue weighted by Gasteiger charge is -2.19. The fourth-order valence-corrected chi connectivity index (χ4v) is 4.17. The molecule has 6 heteroatoms. The largest absolute Gasteiger partial charge is 0.449 e. The van der Waals surface area contributed by atoms with E-state index in [1.807, 2.05) is 24.3 Å². The van der Waals surface area contributed by atoms with Crippen molar-refractivity contribution in [3.05, 3.63) is 95.1 Å². The molecule has 0 bridgehead atoms. The Balaban J connectivity index is 1.27. The van der Waals surface area contributed by atoms with E-state index in [1.165, 1.54) is 11.1 Å². The van der Waals surface area contributed by atoms with Crippen LogP contribution in [0.2, 0.25) is 0 Å². The molecule has 1 aliphatic rings. The number of ether oxygens (including phenoxy) is 1. The average molecular weight is 434 g/mol. The zero-order valence-corrected chi connectivity index (χ0v) is 17.6. The molecule has 166 valence electrons. The lowest BCUT2D eigenvalue weighted by atomic mass is 9.98. The minimum absolute atomic E-state index is 0.0116. The number of carbonyl (C=O) groups is 1. The summed E-state index contributed by atoms with van der Waals surface area (Å²) in [5.41, 5.74) is 5.91. The monoisotopic (exact) mass is 433 g/mol. The summed E-state index contributed by atoms with van der Waals surface area (Å²) in [5, 5.41) is 32.3. The van der Waals surface area contributed by atoms with Gasteiger partial charge < -0.3 is 25.4 Å². The molecule has 0 aliphatic heterocycles. The molecule has 2 unspecified atom stereocenters. The van der Waals surface area contributed by atoms with Crippen molar-refractivity contribution in [2.75, 3.05) is 13.2 Å². The van der Waals surface area contributed by atoms with Gasteiger partial charge in [0.1, 0.15) is 12.7 Å². The van der Waals surface area contributed by atoms with E-state index in [2.05, 4.69) is 29.6 Å². The first-order valence-electron chi connectivity index (χ1n) is 10.7. The number of rotatable bonds is 8. The molecule has 4 rings (SSSR count). The highest BCUT2D eigenvalue weighted by molar-refractivity contribution is 5.79. The molecule has 0 spiro atoms. The predicted molar refractivity (Wildman–Crippen MR) is 121 cm³/mol. The lowest BCUT2D eigenvalue weighted by Crippen LogP contribution is -2.30. The van der Waals surface area contributed by atoms with Gasteiger partial charge in [-0.05, 0) is 39.8 Å².